The summed E-state index contributed by atoms with van der Waals surface area (Å²) < 4.78 is 6.12. The van der Waals surface area contributed by atoms with Crippen molar-refractivity contribution < 1.29 is 4.74 Å². The van der Waals surface area contributed by atoms with Crippen molar-refractivity contribution in [2.75, 3.05) is 0 Å². The van der Waals surface area contributed by atoms with Crippen molar-refractivity contribution in [3.63, 3.8) is 0 Å². The summed E-state index contributed by atoms with van der Waals surface area (Å²) in [6.45, 7) is 10.7. The summed E-state index contributed by atoms with van der Waals surface area (Å²) in [5, 5.41) is 0. The molecule has 0 saturated heterocycles. The van der Waals surface area contributed by atoms with Gasteiger partial charge in [-0.25, -0.2) is 0 Å². The molecule has 4 fully saturated rings. The van der Waals surface area contributed by atoms with Gasteiger partial charge in [0.1, 0.15) is 0 Å². The average Bonchev–Trinajstić information content (AvgIpc) is 2.32. The van der Waals surface area contributed by atoms with E-state index in [-0.39, 0.29) is 5.60 Å². The molecule has 0 amide bonds. The fourth-order valence-corrected chi connectivity index (χ4v) is 3.55. The molecule has 4 saturated carbocycles. The normalized spacial score (nSPS) is 51.6. The Morgan fingerprint density at radius 1 is 1.38 bits per heavy atom. The molecule has 0 aromatic carbocycles. The van der Waals surface area contributed by atoms with Crippen molar-refractivity contribution >= 4 is 0 Å². The average molecular weight is 178 g/mol. The Hall–Kier alpha value is -0.300. The zero-order chi connectivity index (χ0) is 9.38. The van der Waals surface area contributed by atoms with Gasteiger partial charge in [0.25, 0.3) is 0 Å². The molecule has 5 atom stereocenters. The van der Waals surface area contributed by atoms with E-state index in [0.717, 1.165) is 17.8 Å². The number of hydrogen-bond donors (Lipinski definition) is 0. The molecular weight excluding hydrogens is 160 g/mol. The van der Waals surface area contributed by atoms with Gasteiger partial charge in [-0.2, -0.15) is 0 Å². The molecule has 4 aliphatic rings. The van der Waals surface area contributed by atoms with Gasteiger partial charge in [-0.1, -0.05) is 12.2 Å². The van der Waals surface area contributed by atoms with Crippen LogP contribution in [-0.4, -0.2) is 11.7 Å². The molecule has 0 N–H and O–H groups in total. The third-order valence-corrected chi connectivity index (χ3v) is 3.93. The molecule has 72 valence electrons. The first kappa shape index (κ1) is 8.05. The molecule has 1 heteroatoms. The Morgan fingerprint density at radius 2 is 2.08 bits per heavy atom. The first-order valence-corrected chi connectivity index (χ1v) is 5.35. The molecule has 3 unspecified atom stereocenters. The standard InChI is InChI=1S/C12H18O/c1-6-7-5-8-9(6)10(8)11(7)13-12(2,3)4/h7-11H,1,5H2,2-4H3/t7-,8?,9?,10+,11?/m1/s1. The van der Waals surface area contributed by atoms with E-state index < -0.39 is 0 Å². The van der Waals surface area contributed by atoms with Crippen LogP contribution in [0.1, 0.15) is 27.2 Å². The van der Waals surface area contributed by atoms with Gasteiger partial charge in [0.05, 0.1) is 11.7 Å². The molecule has 0 heterocycles. The second-order valence-electron chi connectivity index (χ2n) is 5.88. The zero-order valence-electron chi connectivity index (χ0n) is 8.71. The van der Waals surface area contributed by atoms with E-state index in [1.54, 1.807) is 0 Å². The van der Waals surface area contributed by atoms with Crippen LogP contribution in [0.5, 0.6) is 0 Å². The van der Waals surface area contributed by atoms with E-state index in [1.807, 2.05) is 0 Å². The van der Waals surface area contributed by atoms with Gasteiger partial charge in [0, 0.05) is 5.92 Å². The minimum Gasteiger partial charge on any atom is -0.372 e. The van der Waals surface area contributed by atoms with Crippen molar-refractivity contribution in [2.24, 2.45) is 23.7 Å². The molecule has 0 radical (unpaired) electrons. The molecule has 0 spiro atoms. The van der Waals surface area contributed by atoms with Gasteiger partial charge < -0.3 is 4.74 Å². The predicted octanol–water partition coefficient (Wildman–Crippen LogP) is 2.62. The van der Waals surface area contributed by atoms with Crippen molar-refractivity contribution in [2.45, 2.75) is 38.9 Å². The smallest absolute Gasteiger partial charge is 0.0684 e. The SMILES string of the molecule is C=C1C2C3C[C@H]1C(OC(C)(C)C)[C@@H]32. The van der Waals surface area contributed by atoms with Gasteiger partial charge in [0.2, 0.25) is 0 Å². The highest BCUT2D eigenvalue weighted by Crippen LogP contribution is 2.73. The lowest BCUT2D eigenvalue weighted by Gasteiger charge is -2.27. The van der Waals surface area contributed by atoms with Crippen LogP contribution in [0.25, 0.3) is 0 Å². The lowest BCUT2D eigenvalue weighted by atomic mass is 10.0. The van der Waals surface area contributed by atoms with E-state index in [2.05, 4.69) is 27.4 Å². The quantitative estimate of drug-likeness (QED) is 0.561. The largest absolute Gasteiger partial charge is 0.372 e. The summed E-state index contributed by atoms with van der Waals surface area (Å²) in [6.07, 6.45) is 1.89. The Balaban J connectivity index is 1.79. The van der Waals surface area contributed by atoms with Crippen molar-refractivity contribution in [1.29, 1.82) is 0 Å². The number of hydrogen-bond acceptors (Lipinski definition) is 1. The Morgan fingerprint density at radius 3 is 2.38 bits per heavy atom. The van der Waals surface area contributed by atoms with Crippen LogP contribution in [0.3, 0.4) is 0 Å². The minimum absolute atomic E-state index is 0.0234. The fourth-order valence-electron chi connectivity index (χ4n) is 3.55. The zero-order valence-corrected chi connectivity index (χ0v) is 8.71. The molecule has 1 nitrogen and oxygen atoms in total. The van der Waals surface area contributed by atoms with Crippen LogP contribution in [0.4, 0.5) is 0 Å². The van der Waals surface area contributed by atoms with Crippen molar-refractivity contribution in [3.05, 3.63) is 12.2 Å². The molecular formula is C12H18O. The monoisotopic (exact) mass is 178 g/mol. The van der Waals surface area contributed by atoms with Crippen LogP contribution < -0.4 is 0 Å². The highest BCUT2D eigenvalue weighted by molar-refractivity contribution is 5.36. The van der Waals surface area contributed by atoms with Crippen LogP contribution in [0.15, 0.2) is 12.2 Å². The van der Waals surface area contributed by atoms with Gasteiger partial charge in [-0.15, -0.1) is 0 Å². The maximum Gasteiger partial charge on any atom is 0.0684 e. The molecule has 4 bridgehead atoms. The summed E-state index contributed by atoms with van der Waals surface area (Å²) in [4.78, 5) is 0. The highest BCUT2D eigenvalue weighted by atomic mass is 16.5. The molecule has 4 rings (SSSR count). The number of rotatable bonds is 1. The topological polar surface area (TPSA) is 9.23 Å². The van der Waals surface area contributed by atoms with Gasteiger partial charge >= 0.3 is 0 Å². The van der Waals surface area contributed by atoms with Crippen LogP contribution in [0, 0.1) is 23.7 Å². The number of ether oxygens (including phenoxy) is 1. The molecule has 4 aliphatic carbocycles. The van der Waals surface area contributed by atoms with Gasteiger partial charge in [-0.05, 0) is 44.9 Å². The molecule has 0 aliphatic heterocycles. The predicted molar refractivity (Wildman–Crippen MR) is 52.3 cm³/mol. The second-order valence-corrected chi connectivity index (χ2v) is 5.88. The van der Waals surface area contributed by atoms with E-state index in [9.17, 15) is 0 Å². The molecule has 13 heavy (non-hydrogen) atoms. The van der Waals surface area contributed by atoms with E-state index in [0.29, 0.717) is 12.0 Å². The van der Waals surface area contributed by atoms with Crippen molar-refractivity contribution in [1.82, 2.24) is 0 Å². The fraction of sp³-hybridized carbons (Fsp3) is 0.833. The van der Waals surface area contributed by atoms with E-state index in [1.165, 1.54) is 12.0 Å². The lowest BCUT2D eigenvalue weighted by Crippen LogP contribution is -2.29. The summed E-state index contributed by atoms with van der Waals surface area (Å²) >= 11 is 0. The summed E-state index contributed by atoms with van der Waals surface area (Å²) in [6, 6.07) is 0. The van der Waals surface area contributed by atoms with E-state index >= 15 is 0 Å². The third-order valence-electron chi connectivity index (χ3n) is 3.93. The molecule has 0 aromatic heterocycles. The van der Waals surface area contributed by atoms with Gasteiger partial charge in [-0.3, -0.25) is 0 Å². The van der Waals surface area contributed by atoms with E-state index in [4.69, 9.17) is 4.74 Å². The summed E-state index contributed by atoms with van der Waals surface area (Å²) in [7, 11) is 0. The lowest BCUT2D eigenvalue weighted by molar-refractivity contribution is -0.0729. The van der Waals surface area contributed by atoms with Crippen LogP contribution in [0.2, 0.25) is 0 Å². The Kier molecular flexibility index (Phi) is 1.26. The van der Waals surface area contributed by atoms with Crippen LogP contribution in [-0.2, 0) is 4.74 Å². The van der Waals surface area contributed by atoms with Crippen molar-refractivity contribution in [3.8, 4) is 0 Å². The Labute approximate surface area is 80.2 Å². The second kappa shape index (κ2) is 2.03. The molecule has 0 aromatic rings. The summed E-state index contributed by atoms with van der Waals surface area (Å²) in [5.41, 5.74) is 1.53. The minimum atomic E-state index is 0.0234. The van der Waals surface area contributed by atoms with Gasteiger partial charge in [0.15, 0.2) is 0 Å². The Bertz CT molecular complexity index is 273. The first-order valence-electron chi connectivity index (χ1n) is 5.35. The first-order chi connectivity index (χ1) is 5.99. The third kappa shape index (κ3) is 0.914. The highest BCUT2D eigenvalue weighted by Gasteiger charge is 2.71. The maximum absolute atomic E-state index is 6.12. The van der Waals surface area contributed by atoms with Crippen LogP contribution >= 0.6 is 0 Å². The summed E-state index contributed by atoms with van der Waals surface area (Å²) in [5.74, 6) is 3.39. The maximum atomic E-state index is 6.12.